The third-order valence-corrected chi connectivity index (χ3v) is 2.44. The molecule has 3 heteroatoms. The Hall–Kier alpha value is 0.137. The van der Waals surface area contributed by atoms with Crippen LogP contribution in [0.1, 0.15) is 13.8 Å². The Balaban J connectivity index is 2.60. The largest absolute Gasteiger partial charge is 0.424 e. The smallest absolute Gasteiger partial charge is 0.162 e. The van der Waals surface area contributed by atoms with Gasteiger partial charge in [0.15, 0.2) is 9.76 Å². The molecule has 0 aliphatic heterocycles. The first-order valence-electron chi connectivity index (χ1n) is 3.70. The first-order valence-corrected chi connectivity index (χ1v) is 5.28. The van der Waals surface area contributed by atoms with Gasteiger partial charge < -0.3 is 9.74 Å². The third kappa shape index (κ3) is 8.14. The van der Waals surface area contributed by atoms with Crippen LogP contribution in [0.25, 0.3) is 0 Å². The molecule has 0 aliphatic rings. The van der Waals surface area contributed by atoms with Gasteiger partial charge in [0.05, 0.1) is 0 Å². The van der Waals surface area contributed by atoms with Gasteiger partial charge in [0.25, 0.3) is 0 Å². The Morgan fingerprint density at radius 3 is 2.78 bits per heavy atom. The topological polar surface area (TPSA) is 21.3 Å². The predicted octanol–water partition coefficient (Wildman–Crippen LogP) is 0.134. The summed E-state index contributed by atoms with van der Waals surface area (Å²) in [5, 5.41) is 3.26. The van der Waals surface area contributed by atoms with E-state index in [1.54, 1.807) is 0 Å². The first kappa shape index (κ1) is 9.14. The number of rotatable bonds is 6. The zero-order valence-electron chi connectivity index (χ0n) is 6.44. The lowest BCUT2D eigenvalue weighted by atomic mass is 10.7. The normalized spacial score (nSPS) is 11.3. The summed E-state index contributed by atoms with van der Waals surface area (Å²) in [6.07, 6.45) is 0. The summed E-state index contributed by atoms with van der Waals surface area (Å²) in [6, 6.07) is 1.27. The molecule has 0 amide bonds. The molecule has 0 aromatic rings. The van der Waals surface area contributed by atoms with Crippen LogP contribution >= 0.6 is 0 Å². The van der Waals surface area contributed by atoms with E-state index in [2.05, 4.69) is 19.2 Å². The molecule has 0 saturated carbocycles. The van der Waals surface area contributed by atoms with Crippen LogP contribution in [0.15, 0.2) is 0 Å². The summed E-state index contributed by atoms with van der Waals surface area (Å²) in [7, 11) is -0.172. The summed E-state index contributed by atoms with van der Waals surface area (Å²) < 4.78 is 5.28. The summed E-state index contributed by atoms with van der Waals surface area (Å²) in [5.41, 5.74) is 0. The fraction of sp³-hybridized carbons (Fsp3) is 1.00. The molecule has 1 N–H and O–H groups in total. The molecule has 0 saturated heterocycles. The highest BCUT2D eigenvalue weighted by Crippen LogP contribution is 1.76. The van der Waals surface area contributed by atoms with Crippen molar-refractivity contribution in [3.8, 4) is 0 Å². The van der Waals surface area contributed by atoms with Crippen LogP contribution < -0.4 is 5.32 Å². The lowest BCUT2D eigenvalue weighted by Crippen LogP contribution is -2.16. The van der Waals surface area contributed by atoms with E-state index in [9.17, 15) is 0 Å². The van der Waals surface area contributed by atoms with Crippen LogP contribution in [-0.2, 0) is 4.43 Å². The Bertz CT molecular complexity index is 46.3. The van der Waals surface area contributed by atoms with Crippen LogP contribution in [0, 0.1) is 0 Å². The van der Waals surface area contributed by atoms with Gasteiger partial charge in [0.2, 0.25) is 0 Å². The molecule has 2 nitrogen and oxygen atoms in total. The molecular weight excluding hydrogens is 130 g/mol. The molecule has 0 fully saturated rings. The molecule has 0 spiro atoms. The van der Waals surface area contributed by atoms with Crippen molar-refractivity contribution >= 4 is 9.76 Å². The number of nitrogens with one attached hydrogen (secondary N) is 1. The Morgan fingerprint density at radius 2 is 2.22 bits per heavy atom. The van der Waals surface area contributed by atoms with Gasteiger partial charge in [0, 0.05) is 6.61 Å². The van der Waals surface area contributed by atoms with Crippen molar-refractivity contribution in [2.75, 3.05) is 19.7 Å². The van der Waals surface area contributed by atoms with Crippen molar-refractivity contribution in [3.05, 3.63) is 0 Å². The molecule has 0 atom stereocenters. The Kier molecular flexibility index (Phi) is 8.26. The fourth-order valence-electron chi connectivity index (χ4n) is 0.620. The van der Waals surface area contributed by atoms with Gasteiger partial charge in [-0.25, -0.2) is 0 Å². The van der Waals surface area contributed by atoms with Crippen LogP contribution in [0.4, 0.5) is 0 Å². The molecular formula is C6H17NOSi. The first-order chi connectivity index (χ1) is 4.41. The lowest BCUT2D eigenvalue weighted by Gasteiger charge is -1.99. The zero-order chi connectivity index (χ0) is 6.95. The predicted molar refractivity (Wildman–Crippen MR) is 43.5 cm³/mol. The summed E-state index contributed by atoms with van der Waals surface area (Å²) in [4.78, 5) is 0. The average molecular weight is 147 g/mol. The quantitative estimate of drug-likeness (QED) is 0.426. The highest BCUT2D eigenvalue weighted by Gasteiger charge is 1.85. The minimum Gasteiger partial charge on any atom is -0.424 e. The molecule has 0 aliphatic carbocycles. The van der Waals surface area contributed by atoms with Gasteiger partial charge in [-0.3, -0.25) is 0 Å². The van der Waals surface area contributed by atoms with E-state index in [1.165, 1.54) is 6.04 Å². The van der Waals surface area contributed by atoms with Crippen LogP contribution in [0.3, 0.4) is 0 Å². The molecule has 0 heterocycles. The van der Waals surface area contributed by atoms with Crippen molar-refractivity contribution in [2.45, 2.75) is 19.9 Å². The van der Waals surface area contributed by atoms with E-state index >= 15 is 0 Å². The van der Waals surface area contributed by atoms with Crippen molar-refractivity contribution in [2.24, 2.45) is 0 Å². The number of hydrogen-bond acceptors (Lipinski definition) is 2. The van der Waals surface area contributed by atoms with Crippen molar-refractivity contribution in [3.63, 3.8) is 0 Å². The van der Waals surface area contributed by atoms with Crippen LogP contribution in [0.2, 0.25) is 6.04 Å². The Morgan fingerprint density at radius 1 is 1.44 bits per heavy atom. The van der Waals surface area contributed by atoms with E-state index in [-0.39, 0.29) is 9.76 Å². The maximum atomic E-state index is 5.28. The fourth-order valence-corrected chi connectivity index (χ4v) is 1.51. The van der Waals surface area contributed by atoms with Crippen molar-refractivity contribution in [1.29, 1.82) is 0 Å². The van der Waals surface area contributed by atoms with Gasteiger partial charge in [-0.05, 0) is 26.1 Å². The summed E-state index contributed by atoms with van der Waals surface area (Å²) >= 11 is 0. The molecule has 0 aromatic carbocycles. The molecule has 0 rings (SSSR count). The summed E-state index contributed by atoms with van der Waals surface area (Å²) in [6.45, 7) is 7.31. The molecule has 0 bridgehead atoms. The molecule has 0 unspecified atom stereocenters. The second kappa shape index (κ2) is 8.14. The van der Waals surface area contributed by atoms with Gasteiger partial charge in [0.1, 0.15) is 0 Å². The van der Waals surface area contributed by atoms with E-state index in [0.717, 1.165) is 19.7 Å². The van der Waals surface area contributed by atoms with Gasteiger partial charge in [-0.15, -0.1) is 0 Å². The second-order valence-corrected chi connectivity index (χ2v) is 3.43. The second-order valence-electron chi connectivity index (χ2n) is 1.90. The summed E-state index contributed by atoms with van der Waals surface area (Å²) in [5.74, 6) is 0. The lowest BCUT2D eigenvalue weighted by molar-refractivity contribution is 0.359. The van der Waals surface area contributed by atoms with E-state index < -0.39 is 0 Å². The minimum atomic E-state index is -0.172. The monoisotopic (exact) mass is 147 g/mol. The molecule has 0 aromatic heterocycles. The van der Waals surface area contributed by atoms with Gasteiger partial charge in [-0.2, -0.15) is 0 Å². The maximum Gasteiger partial charge on any atom is 0.162 e. The highest BCUT2D eigenvalue weighted by molar-refractivity contribution is 6.27. The standard InChI is InChI=1S/C6H17NOSi/c1-3-7-5-6-9-8-4-2/h7H,3-6,9H2,1-2H3. The number of hydrogen-bond donors (Lipinski definition) is 1. The SMILES string of the molecule is CCNCC[SiH2]OCC. The highest BCUT2D eigenvalue weighted by atomic mass is 28.2. The van der Waals surface area contributed by atoms with Crippen LogP contribution in [0.5, 0.6) is 0 Å². The van der Waals surface area contributed by atoms with E-state index in [1.807, 2.05) is 0 Å². The van der Waals surface area contributed by atoms with Crippen molar-refractivity contribution in [1.82, 2.24) is 5.32 Å². The average Bonchev–Trinajstić information content (AvgIpc) is 1.89. The minimum absolute atomic E-state index is 0.172. The van der Waals surface area contributed by atoms with Crippen molar-refractivity contribution < 1.29 is 4.43 Å². The van der Waals surface area contributed by atoms with Crippen LogP contribution in [-0.4, -0.2) is 29.5 Å². The molecule has 0 radical (unpaired) electrons. The Labute approximate surface area is 59.9 Å². The third-order valence-electron chi connectivity index (χ3n) is 1.10. The van der Waals surface area contributed by atoms with E-state index in [0.29, 0.717) is 0 Å². The zero-order valence-corrected chi connectivity index (χ0v) is 7.86. The van der Waals surface area contributed by atoms with Gasteiger partial charge >= 0.3 is 0 Å². The van der Waals surface area contributed by atoms with E-state index in [4.69, 9.17) is 4.43 Å². The van der Waals surface area contributed by atoms with Gasteiger partial charge in [-0.1, -0.05) is 6.92 Å². The molecule has 9 heavy (non-hydrogen) atoms. The maximum absolute atomic E-state index is 5.28. The molecule has 56 valence electrons.